The SMILES string of the molecule is c1ccc(-n2c3ccc(-c4ccc5c(c4)c4ccccc4n5-c4cccc(C(c5ccccc5)(c5ccccc5)c5ccccc5)c4)cc3c3ccc4c(c32)Cc2ccccc2-4)cc1.c1ccc(-n2c3ccccc3c3cc(-c4ccc5c(c4)c4ccc6c(c4n5-c4cccc(C(c5ccccc5)(c5ccccc5)c5ccccc5)c4)Cc4ccccc4-6)ccc32)cc1. The monoisotopic (exact) mass is 1630 g/mol. The lowest BCUT2D eigenvalue weighted by Crippen LogP contribution is -2.31. The van der Waals surface area contributed by atoms with Crippen molar-refractivity contribution in [3.8, 4) is 67.3 Å². The summed E-state index contributed by atoms with van der Waals surface area (Å²) in [5, 5.41) is 10.1. The van der Waals surface area contributed by atoms with Crippen molar-refractivity contribution in [2.24, 2.45) is 0 Å². The van der Waals surface area contributed by atoms with E-state index < -0.39 is 10.8 Å². The van der Waals surface area contributed by atoms with Gasteiger partial charge in [-0.25, -0.2) is 0 Å². The molecule has 0 aliphatic heterocycles. The molecule has 0 unspecified atom stereocenters. The average molecular weight is 1630 g/mol. The van der Waals surface area contributed by atoms with Gasteiger partial charge in [-0.05, 0) is 220 Å². The maximum atomic E-state index is 2.56. The van der Waals surface area contributed by atoms with E-state index in [1.165, 1.54) is 210 Å². The van der Waals surface area contributed by atoms with E-state index in [9.17, 15) is 0 Å². The molecule has 0 amide bonds. The Morgan fingerprint density at radius 2 is 0.414 bits per heavy atom. The van der Waals surface area contributed by atoms with Crippen molar-refractivity contribution in [2.45, 2.75) is 23.7 Å². The summed E-state index contributed by atoms with van der Waals surface area (Å²) >= 11 is 0. The van der Waals surface area contributed by atoms with E-state index in [0.29, 0.717) is 0 Å². The van der Waals surface area contributed by atoms with Crippen molar-refractivity contribution in [1.82, 2.24) is 18.3 Å². The molecule has 2 aliphatic rings. The Hall–Kier alpha value is -16.4. The van der Waals surface area contributed by atoms with Gasteiger partial charge in [-0.15, -0.1) is 0 Å². The van der Waals surface area contributed by atoms with Crippen LogP contribution in [0.3, 0.4) is 0 Å². The fourth-order valence-electron chi connectivity index (χ4n) is 22.3. The van der Waals surface area contributed by atoms with E-state index in [1.54, 1.807) is 0 Å². The first-order chi connectivity index (χ1) is 63.5. The highest BCUT2D eigenvalue weighted by atomic mass is 15.0. The summed E-state index contributed by atoms with van der Waals surface area (Å²) in [6.45, 7) is 0. The lowest BCUT2D eigenvalue weighted by Gasteiger charge is -2.37. The zero-order valence-corrected chi connectivity index (χ0v) is 70.4. The van der Waals surface area contributed by atoms with Gasteiger partial charge in [0, 0.05) is 78.7 Å². The van der Waals surface area contributed by atoms with Gasteiger partial charge in [-0.3, -0.25) is 0 Å². The molecule has 0 N–H and O–H groups in total. The average Bonchev–Trinajstić information content (AvgIpc) is 1.70. The van der Waals surface area contributed by atoms with Gasteiger partial charge in [0.2, 0.25) is 0 Å². The summed E-state index contributed by atoms with van der Waals surface area (Å²) < 4.78 is 9.90. The van der Waals surface area contributed by atoms with Crippen molar-refractivity contribution in [2.75, 3.05) is 0 Å². The molecule has 600 valence electrons. The van der Waals surface area contributed by atoms with E-state index in [2.05, 4.69) is 504 Å². The molecular formula is C124H84N4. The standard InChI is InChI=1S/2C62H42N2/c1-5-19-45(20-6-1)62(46-21-7-2-8-22-46,47-23-9-3-10-24-47)48-25-17-28-50(41-48)63-58-31-16-15-30-53(58)55-38-42(32-36-59(55)63)43-33-37-60-56(39-43)54-35-34-52-51-29-14-13-18-44(51)40-57(52)61(54)64(60)49-26-11-4-12-27-49;1-5-19-45(20-6-1)62(46-21-7-2-8-22-46,47-23-9-3-10-24-47)48-25-17-28-50(41-48)64-60-37-33-43(39-56(60)54-35-34-52-51-29-14-13-18-44(51)40-57(52)61(54)64)42-32-36-59-55(38-42)53-30-15-16-31-58(53)63(59)49-26-11-4-12-27-49/h2*1-39,41H,40H2. The van der Waals surface area contributed by atoms with Crippen LogP contribution in [0.2, 0.25) is 0 Å². The Balaban J connectivity index is 0.000000139. The summed E-state index contributed by atoms with van der Waals surface area (Å²) in [5.74, 6) is 0. The normalized spacial score (nSPS) is 12.3. The van der Waals surface area contributed by atoms with Crippen molar-refractivity contribution < 1.29 is 0 Å². The first-order valence-corrected chi connectivity index (χ1v) is 44.6. The van der Waals surface area contributed by atoms with Crippen LogP contribution in [-0.4, -0.2) is 18.3 Å². The highest BCUT2D eigenvalue weighted by Gasteiger charge is 2.41. The third-order valence-corrected chi connectivity index (χ3v) is 27.8. The van der Waals surface area contributed by atoms with E-state index in [0.717, 1.165) is 24.2 Å². The number of hydrogen-bond donors (Lipinski definition) is 0. The molecule has 2 aliphatic carbocycles. The van der Waals surface area contributed by atoms with Crippen LogP contribution in [0.5, 0.6) is 0 Å². The molecule has 4 heteroatoms. The Morgan fingerprint density at radius 1 is 0.156 bits per heavy atom. The van der Waals surface area contributed by atoms with Crippen LogP contribution in [-0.2, 0) is 23.7 Å². The molecule has 4 aromatic heterocycles. The molecule has 0 spiro atoms. The number of aromatic nitrogens is 4. The van der Waals surface area contributed by atoms with Gasteiger partial charge in [0.25, 0.3) is 0 Å². The Kier molecular flexibility index (Phi) is 17.5. The van der Waals surface area contributed by atoms with Gasteiger partial charge in [-0.1, -0.05) is 376 Å². The second kappa shape index (κ2) is 30.2. The smallest absolute Gasteiger partial charge is 0.0702 e. The highest BCUT2D eigenvalue weighted by molar-refractivity contribution is 6.17. The minimum atomic E-state index is -0.563. The van der Waals surface area contributed by atoms with Crippen LogP contribution in [0, 0.1) is 0 Å². The Labute approximate surface area is 743 Å². The fraction of sp³-hybridized carbons (Fsp3) is 0.0323. The van der Waals surface area contributed by atoms with Crippen LogP contribution in [0.25, 0.3) is 154 Å². The van der Waals surface area contributed by atoms with Gasteiger partial charge in [0.05, 0.1) is 55.0 Å². The summed E-state index contributed by atoms with van der Waals surface area (Å²) in [6, 6.07) is 179. The largest absolute Gasteiger partial charge is 0.309 e. The summed E-state index contributed by atoms with van der Waals surface area (Å²) in [4.78, 5) is 0. The number of rotatable bonds is 14. The van der Waals surface area contributed by atoms with Crippen molar-refractivity contribution in [3.05, 3.63) is 552 Å². The molecule has 0 saturated carbocycles. The van der Waals surface area contributed by atoms with E-state index in [-0.39, 0.29) is 0 Å². The predicted octanol–water partition coefficient (Wildman–Crippen LogP) is 31.0. The summed E-state index contributed by atoms with van der Waals surface area (Å²) in [7, 11) is 0. The second-order valence-corrected chi connectivity index (χ2v) is 34.4. The van der Waals surface area contributed by atoms with Crippen molar-refractivity contribution in [3.63, 3.8) is 0 Å². The van der Waals surface area contributed by atoms with Crippen LogP contribution in [0.4, 0.5) is 0 Å². The zero-order valence-electron chi connectivity index (χ0n) is 70.4. The summed E-state index contributed by atoms with van der Waals surface area (Å²) in [5.41, 5.74) is 39.0. The third-order valence-electron chi connectivity index (χ3n) is 27.8. The topological polar surface area (TPSA) is 19.7 Å². The van der Waals surface area contributed by atoms with Gasteiger partial charge in [-0.2, -0.15) is 0 Å². The molecule has 20 aromatic carbocycles. The van der Waals surface area contributed by atoms with Crippen LogP contribution in [0.15, 0.2) is 485 Å². The molecular weight excluding hydrogens is 1550 g/mol. The minimum Gasteiger partial charge on any atom is -0.309 e. The molecule has 4 heterocycles. The van der Waals surface area contributed by atoms with Gasteiger partial charge in [0.1, 0.15) is 0 Å². The molecule has 0 saturated heterocycles. The maximum Gasteiger partial charge on any atom is 0.0702 e. The Bertz CT molecular complexity index is 8260. The van der Waals surface area contributed by atoms with Gasteiger partial charge >= 0.3 is 0 Å². The molecule has 0 atom stereocenters. The molecule has 4 nitrogen and oxygen atoms in total. The molecule has 0 fully saturated rings. The molecule has 26 rings (SSSR count). The number of nitrogens with zero attached hydrogens (tertiary/aromatic N) is 4. The van der Waals surface area contributed by atoms with Crippen LogP contribution in [0.1, 0.15) is 66.8 Å². The predicted molar refractivity (Wildman–Crippen MR) is 534 cm³/mol. The highest BCUT2D eigenvalue weighted by Crippen LogP contribution is 2.52. The number of benzene rings is 20. The van der Waals surface area contributed by atoms with E-state index >= 15 is 0 Å². The number of hydrogen-bond acceptors (Lipinski definition) is 0. The van der Waals surface area contributed by atoms with Gasteiger partial charge in [0.15, 0.2) is 0 Å². The molecule has 24 aromatic rings. The third kappa shape index (κ3) is 11.6. The van der Waals surface area contributed by atoms with Crippen molar-refractivity contribution >= 4 is 87.2 Å². The van der Waals surface area contributed by atoms with Gasteiger partial charge < -0.3 is 18.3 Å². The number of fused-ring (bicyclic) bond motifs is 20. The fourth-order valence-corrected chi connectivity index (χ4v) is 22.3. The molecule has 0 bridgehead atoms. The minimum absolute atomic E-state index is 0.544. The lowest BCUT2D eigenvalue weighted by atomic mass is 9.65. The van der Waals surface area contributed by atoms with E-state index in [4.69, 9.17) is 0 Å². The van der Waals surface area contributed by atoms with Crippen LogP contribution < -0.4 is 0 Å². The van der Waals surface area contributed by atoms with E-state index in [1.807, 2.05) is 0 Å². The number of para-hydroxylation sites is 4. The molecule has 0 radical (unpaired) electrons. The quantitative estimate of drug-likeness (QED) is 0.0967. The first-order valence-electron chi connectivity index (χ1n) is 44.6. The Morgan fingerprint density at radius 3 is 0.781 bits per heavy atom. The zero-order chi connectivity index (χ0) is 84.4. The maximum absolute atomic E-state index is 2.56. The lowest BCUT2D eigenvalue weighted by molar-refractivity contribution is 0.744. The van der Waals surface area contributed by atoms with Crippen molar-refractivity contribution in [1.29, 1.82) is 0 Å². The summed E-state index contributed by atoms with van der Waals surface area (Å²) in [6.07, 6.45) is 1.84. The second-order valence-electron chi connectivity index (χ2n) is 34.4. The first kappa shape index (κ1) is 74.2. The van der Waals surface area contributed by atoms with Crippen LogP contribution >= 0.6 is 0 Å². The molecule has 128 heavy (non-hydrogen) atoms.